The molecular formula is C20H20N2O4S. The number of aryl methyl sites for hydroxylation is 1. The van der Waals surface area contributed by atoms with Gasteiger partial charge in [-0.2, -0.15) is 0 Å². The summed E-state index contributed by atoms with van der Waals surface area (Å²) in [5.74, 6) is 0.377. The Labute approximate surface area is 161 Å². The molecule has 3 aromatic rings. The highest BCUT2D eigenvalue weighted by Crippen LogP contribution is 2.28. The molecular weight excluding hydrogens is 364 g/mol. The second-order valence-electron chi connectivity index (χ2n) is 6.04. The van der Waals surface area contributed by atoms with Gasteiger partial charge in [0.25, 0.3) is 11.8 Å². The number of nitrogens with one attached hydrogen (secondary N) is 2. The number of rotatable bonds is 6. The number of carbonyl (C=O) groups excluding carboxylic acids is 2. The van der Waals surface area contributed by atoms with E-state index in [4.69, 9.17) is 9.15 Å². The molecule has 27 heavy (non-hydrogen) atoms. The summed E-state index contributed by atoms with van der Waals surface area (Å²) in [6.07, 6.45) is 1.43. The number of carbonyl (C=O) groups is 2. The first-order chi connectivity index (χ1) is 13.0. The Bertz CT molecular complexity index is 947. The van der Waals surface area contributed by atoms with Crippen LogP contribution in [0.1, 0.15) is 44.3 Å². The summed E-state index contributed by atoms with van der Waals surface area (Å²) in [5, 5.41) is 6.26. The van der Waals surface area contributed by atoms with Crippen LogP contribution in [-0.2, 0) is 0 Å². The number of anilines is 1. The van der Waals surface area contributed by atoms with Gasteiger partial charge in [0.2, 0.25) is 0 Å². The van der Waals surface area contributed by atoms with Crippen LogP contribution in [0.15, 0.2) is 53.1 Å². The van der Waals surface area contributed by atoms with Crippen LogP contribution in [0.25, 0.3) is 0 Å². The third-order valence-electron chi connectivity index (χ3n) is 4.01. The zero-order chi connectivity index (χ0) is 19.4. The van der Waals surface area contributed by atoms with Crippen molar-refractivity contribution in [2.75, 3.05) is 12.4 Å². The lowest BCUT2D eigenvalue weighted by Crippen LogP contribution is -2.26. The Hall–Kier alpha value is -3.06. The number of methoxy groups -OCH3 is 1. The van der Waals surface area contributed by atoms with E-state index in [0.29, 0.717) is 9.88 Å². The second-order valence-corrected chi connectivity index (χ2v) is 7.12. The molecule has 0 bridgehead atoms. The van der Waals surface area contributed by atoms with E-state index in [2.05, 4.69) is 10.6 Å². The number of furan rings is 1. The van der Waals surface area contributed by atoms with Gasteiger partial charge in [-0.25, -0.2) is 0 Å². The highest BCUT2D eigenvalue weighted by atomic mass is 32.1. The maximum Gasteiger partial charge on any atom is 0.291 e. The van der Waals surface area contributed by atoms with Crippen LogP contribution >= 0.6 is 11.3 Å². The van der Waals surface area contributed by atoms with Crippen molar-refractivity contribution >= 4 is 28.2 Å². The normalized spacial score (nSPS) is 11.7. The minimum absolute atomic E-state index is 0.213. The number of ether oxygens (including phenoxy) is 1. The molecule has 0 fully saturated rings. The third kappa shape index (κ3) is 4.38. The highest BCUT2D eigenvalue weighted by molar-refractivity contribution is 7.18. The minimum atomic E-state index is -0.355. The summed E-state index contributed by atoms with van der Waals surface area (Å²) in [6.45, 7) is 3.90. The predicted molar refractivity (Wildman–Crippen MR) is 105 cm³/mol. The average Bonchev–Trinajstić information content (AvgIpc) is 3.33. The van der Waals surface area contributed by atoms with E-state index in [0.717, 1.165) is 16.9 Å². The summed E-state index contributed by atoms with van der Waals surface area (Å²) in [5.41, 5.74) is 2.00. The van der Waals surface area contributed by atoms with E-state index < -0.39 is 0 Å². The van der Waals surface area contributed by atoms with Gasteiger partial charge in [-0.3, -0.25) is 9.59 Å². The second kappa shape index (κ2) is 8.09. The number of hydrogen-bond donors (Lipinski definition) is 2. The fraction of sp³-hybridized carbons (Fsp3) is 0.200. The van der Waals surface area contributed by atoms with E-state index in [1.807, 2.05) is 32.0 Å². The monoisotopic (exact) mass is 384 g/mol. The van der Waals surface area contributed by atoms with Gasteiger partial charge >= 0.3 is 0 Å². The molecule has 2 N–H and O–H groups in total. The van der Waals surface area contributed by atoms with Crippen molar-refractivity contribution in [3.8, 4) is 5.75 Å². The summed E-state index contributed by atoms with van der Waals surface area (Å²) >= 11 is 1.20. The van der Waals surface area contributed by atoms with Crippen molar-refractivity contribution in [3.63, 3.8) is 0 Å². The molecule has 2 aromatic heterocycles. The Morgan fingerprint density at radius 3 is 2.67 bits per heavy atom. The molecule has 2 amide bonds. The van der Waals surface area contributed by atoms with Crippen molar-refractivity contribution in [1.82, 2.24) is 5.32 Å². The molecule has 0 aliphatic rings. The molecule has 0 saturated heterocycles. The zero-order valence-electron chi connectivity index (χ0n) is 15.2. The smallest absolute Gasteiger partial charge is 0.291 e. The van der Waals surface area contributed by atoms with Gasteiger partial charge in [-0.05, 0) is 44.2 Å². The lowest BCUT2D eigenvalue weighted by Gasteiger charge is -2.17. The van der Waals surface area contributed by atoms with Gasteiger partial charge in [0, 0.05) is 5.56 Å². The fourth-order valence-electron chi connectivity index (χ4n) is 2.65. The largest absolute Gasteiger partial charge is 0.496 e. The SMILES string of the molecule is COc1ccc(C)cc1C(C)NC(=O)c1ccc(NC(=O)c2ccco2)s1. The Balaban J connectivity index is 1.67. The summed E-state index contributed by atoms with van der Waals surface area (Å²) in [6, 6.07) is 12.2. The molecule has 3 rings (SSSR count). The van der Waals surface area contributed by atoms with Crippen molar-refractivity contribution < 1.29 is 18.7 Å². The molecule has 2 heterocycles. The molecule has 1 aromatic carbocycles. The molecule has 7 heteroatoms. The summed E-state index contributed by atoms with van der Waals surface area (Å²) in [7, 11) is 1.61. The molecule has 1 atom stereocenters. The molecule has 140 valence electrons. The van der Waals surface area contributed by atoms with Crippen LogP contribution in [0, 0.1) is 6.92 Å². The topological polar surface area (TPSA) is 80.6 Å². The molecule has 0 saturated carbocycles. The predicted octanol–water partition coefficient (Wildman–Crippen LogP) is 4.40. The lowest BCUT2D eigenvalue weighted by molar-refractivity contribution is 0.0942. The zero-order valence-corrected chi connectivity index (χ0v) is 16.1. The quantitative estimate of drug-likeness (QED) is 0.660. The van der Waals surface area contributed by atoms with Crippen LogP contribution in [0.4, 0.5) is 5.00 Å². The van der Waals surface area contributed by atoms with Crippen molar-refractivity contribution in [2.24, 2.45) is 0 Å². The van der Waals surface area contributed by atoms with Gasteiger partial charge in [0.15, 0.2) is 5.76 Å². The van der Waals surface area contributed by atoms with Crippen LogP contribution in [0.2, 0.25) is 0 Å². The maximum absolute atomic E-state index is 12.6. The first kappa shape index (κ1) is 18.7. The molecule has 0 spiro atoms. The van der Waals surface area contributed by atoms with Gasteiger partial charge in [0.05, 0.1) is 29.3 Å². The minimum Gasteiger partial charge on any atom is -0.496 e. The van der Waals surface area contributed by atoms with Crippen molar-refractivity contribution in [1.29, 1.82) is 0 Å². The van der Waals surface area contributed by atoms with E-state index >= 15 is 0 Å². The molecule has 0 aliphatic heterocycles. The van der Waals surface area contributed by atoms with Gasteiger partial charge in [0.1, 0.15) is 5.75 Å². The Morgan fingerprint density at radius 1 is 1.15 bits per heavy atom. The maximum atomic E-state index is 12.6. The van der Waals surface area contributed by atoms with Crippen LogP contribution < -0.4 is 15.4 Å². The van der Waals surface area contributed by atoms with E-state index in [1.54, 1.807) is 31.4 Å². The van der Waals surface area contributed by atoms with Crippen molar-refractivity contribution in [2.45, 2.75) is 19.9 Å². The van der Waals surface area contributed by atoms with Crippen LogP contribution in [-0.4, -0.2) is 18.9 Å². The molecule has 0 aliphatic carbocycles. The number of hydrogen-bond acceptors (Lipinski definition) is 5. The van der Waals surface area contributed by atoms with E-state index in [9.17, 15) is 9.59 Å². The Morgan fingerprint density at radius 2 is 1.96 bits per heavy atom. The van der Waals surface area contributed by atoms with Gasteiger partial charge in [-0.1, -0.05) is 17.7 Å². The summed E-state index contributed by atoms with van der Waals surface area (Å²) < 4.78 is 10.4. The van der Waals surface area contributed by atoms with E-state index in [1.165, 1.54) is 17.6 Å². The van der Waals surface area contributed by atoms with Crippen LogP contribution in [0.3, 0.4) is 0 Å². The van der Waals surface area contributed by atoms with E-state index in [-0.39, 0.29) is 23.6 Å². The molecule has 1 unspecified atom stereocenters. The average molecular weight is 384 g/mol. The summed E-state index contributed by atoms with van der Waals surface area (Å²) in [4.78, 5) is 25.1. The number of benzene rings is 1. The first-order valence-corrected chi connectivity index (χ1v) is 9.19. The highest BCUT2D eigenvalue weighted by Gasteiger charge is 2.18. The molecule has 0 radical (unpaired) electrons. The van der Waals surface area contributed by atoms with Gasteiger partial charge in [-0.15, -0.1) is 11.3 Å². The first-order valence-electron chi connectivity index (χ1n) is 8.38. The lowest BCUT2D eigenvalue weighted by atomic mass is 10.0. The number of thiophene rings is 1. The number of amides is 2. The fourth-order valence-corrected chi connectivity index (χ4v) is 3.45. The third-order valence-corrected chi connectivity index (χ3v) is 5.01. The standard InChI is InChI=1S/C20H20N2O4S/c1-12-6-7-15(25-3)14(11-12)13(2)21-20(24)17-8-9-18(27-17)22-19(23)16-5-4-10-26-16/h4-11,13H,1-3H3,(H,21,24)(H,22,23). The van der Waals surface area contributed by atoms with Crippen molar-refractivity contribution in [3.05, 3.63) is 70.5 Å². The van der Waals surface area contributed by atoms with Crippen LogP contribution in [0.5, 0.6) is 5.75 Å². The van der Waals surface area contributed by atoms with Gasteiger partial charge < -0.3 is 19.8 Å². The molecule has 6 nitrogen and oxygen atoms in total. The Kier molecular flexibility index (Phi) is 5.61.